The first-order chi connectivity index (χ1) is 9.18. The van der Waals surface area contributed by atoms with Crippen LogP contribution in [-0.4, -0.2) is 20.1 Å². The maximum Gasteiger partial charge on any atom is 0.416 e. The van der Waals surface area contributed by atoms with Gasteiger partial charge in [-0.3, -0.25) is 0 Å². The van der Waals surface area contributed by atoms with Crippen molar-refractivity contribution >= 4 is 14.9 Å². The van der Waals surface area contributed by atoms with Crippen molar-refractivity contribution in [2.45, 2.75) is 6.18 Å². The van der Waals surface area contributed by atoms with Crippen molar-refractivity contribution in [2.75, 3.05) is 6.61 Å². The smallest absolute Gasteiger partial charge is 0.416 e. The zero-order valence-electron chi connectivity index (χ0n) is 9.89. The van der Waals surface area contributed by atoms with E-state index < -0.39 is 28.2 Å². The molecule has 108 valence electrons. The molecule has 1 aliphatic rings. The molecule has 0 saturated carbocycles. The number of aliphatic imine (C=N–C) groups is 1. The standard InChI is InChI=1S/C11H9F3N2O3S/c12-11(13,14)7-1-3-8(4-2-7)19-5-10-16-9(15)6-20(10,17)18/h1-4,6H,5,15H2. The number of alkyl halides is 3. The second kappa shape index (κ2) is 4.82. The van der Waals surface area contributed by atoms with Gasteiger partial charge in [0.15, 0.2) is 5.04 Å². The Hall–Kier alpha value is -2.03. The molecule has 2 N–H and O–H groups in total. The Bertz CT molecular complexity index is 676. The highest BCUT2D eigenvalue weighted by Gasteiger charge is 2.30. The fourth-order valence-corrected chi connectivity index (χ4v) is 2.42. The zero-order valence-corrected chi connectivity index (χ0v) is 10.7. The summed E-state index contributed by atoms with van der Waals surface area (Å²) in [4.78, 5) is 3.58. The summed E-state index contributed by atoms with van der Waals surface area (Å²) in [7, 11) is -3.68. The van der Waals surface area contributed by atoms with Gasteiger partial charge in [0.2, 0.25) is 9.84 Å². The van der Waals surface area contributed by atoms with Crippen molar-refractivity contribution < 1.29 is 26.3 Å². The molecule has 0 aliphatic carbocycles. The van der Waals surface area contributed by atoms with Gasteiger partial charge in [0.25, 0.3) is 0 Å². The Labute approximate surface area is 112 Å². The van der Waals surface area contributed by atoms with E-state index in [-0.39, 0.29) is 16.6 Å². The Kier molecular flexibility index (Phi) is 3.46. The van der Waals surface area contributed by atoms with E-state index in [4.69, 9.17) is 10.5 Å². The van der Waals surface area contributed by atoms with Crippen molar-refractivity contribution in [1.82, 2.24) is 0 Å². The molecule has 0 spiro atoms. The van der Waals surface area contributed by atoms with Crippen molar-refractivity contribution in [3.63, 3.8) is 0 Å². The summed E-state index contributed by atoms with van der Waals surface area (Å²) >= 11 is 0. The molecule has 0 radical (unpaired) electrons. The largest absolute Gasteiger partial charge is 0.487 e. The molecule has 20 heavy (non-hydrogen) atoms. The van der Waals surface area contributed by atoms with Gasteiger partial charge in [-0.15, -0.1) is 0 Å². The lowest BCUT2D eigenvalue weighted by atomic mass is 10.2. The molecule has 2 rings (SSSR count). The van der Waals surface area contributed by atoms with Crippen LogP contribution in [0.5, 0.6) is 5.75 Å². The summed E-state index contributed by atoms with van der Waals surface area (Å²) in [5.41, 5.74) is 4.43. The van der Waals surface area contributed by atoms with Crippen LogP contribution in [0.3, 0.4) is 0 Å². The molecule has 0 fully saturated rings. The van der Waals surface area contributed by atoms with Crippen LogP contribution in [0.2, 0.25) is 0 Å². The van der Waals surface area contributed by atoms with E-state index in [2.05, 4.69) is 4.99 Å². The van der Waals surface area contributed by atoms with Gasteiger partial charge < -0.3 is 10.5 Å². The maximum absolute atomic E-state index is 12.3. The first-order valence-electron chi connectivity index (χ1n) is 5.28. The van der Waals surface area contributed by atoms with Crippen LogP contribution in [0.15, 0.2) is 40.5 Å². The van der Waals surface area contributed by atoms with Crippen molar-refractivity contribution in [3.05, 3.63) is 41.1 Å². The highest BCUT2D eigenvalue weighted by Crippen LogP contribution is 2.30. The minimum atomic E-state index is -4.43. The Morgan fingerprint density at radius 1 is 1.20 bits per heavy atom. The van der Waals surface area contributed by atoms with Crippen LogP contribution in [0.1, 0.15) is 5.56 Å². The first kappa shape index (κ1) is 14.4. The van der Waals surface area contributed by atoms with Crippen LogP contribution < -0.4 is 10.5 Å². The van der Waals surface area contributed by atoms with Gasteiger partial charge in [-0.2, -0.15) is 13.2 Å². The minimum absolute atomic E-state index is 0.0985. The molecular weight excluding hydrogens is 297 g/mol. The van der Waals surface area contributed by atoms with E-state index in [9.17, 15) is 21.6 Å². The number of sulfone groups is 1. The Morgan fingerprint density at radius 3 is 2.25 bits per heavy atom. The molecule has 1 aromatic rings. The molecule has 0 amide bonds. The molecular formula is C11H9F3N2O3S. The number of halogens is 3. The van der Waals surface area contributed by atoms with Gasteiger partial charge in [0.05, 0.1) is 11.0 Å². The lowest BCUT2D eigenvalue weighted by Gasteiger charge is -2.08. The third-order valence-electron chi connectivity index (χ3n) is 2.40. The number of ether oxygens (including phenoxy) is 1. The molecule has 1 aromatic carbocycles. The molecule has 0 aromatic heterocycles. The number of hydrogen-bond acceptors (Lipinski definition) is 5. The predicted molar refractivity (Wildman–Crippen MR) is 65.6 cm³/mol. The number of benzene rings is 1. The Morgan fingerprint density at radius 2 is 1.80 bits per heavy atom. The monoisotopic (exact) mass is 306 g/mol. The fourth-order valence-electron chi connectivity index (χ4n) is 1.46. The predicted octanol–water partition coefficient (Wildman–Crippen LogP) is 1.67. The summed E-state index contributed by atoms with van der Waals surface area (Å²) in [6, 6.07) is 3.88. The van der Waals surface area contributed by atoms with Gasteiger partial charge in [-0.25, -0.2) is 13.4 Å². The van der Waals surface area contributed by atoms with Crippen molar-refractivity contribution in [2.24, 2.45) is 10.7 Å². The summed E-state index contributed by atoms with van der Waals surface area (Å²) in [5.74, 6) is -0.0580. The molecule has 1 heterocycles. The number of nitrogens with two attached hydrogens (primary N) is 1. The molecule has 0 atom stereocenters. The SMILES string of the molecule is NC1=CS(=O)(=O)C(COc2ccc(C(F)(F)F)cc2)=N1. The van der Waals surface area contributed by atoms with Gasteiger partial charge in [-0.1, -0.05) is 0 Å². The molecule has 1 aliphatic heterocycles. The third-order valence-corrected chi connectivity index (χ3v) is 3.82. The normalized spacial score (nSPS) is 17.6. The molecule has 9 heteroatoms. The molecule has 0 unspecified atom stereocenters. The van der Waals surface area contributed by atoms with E-state index >= 15 is 0 Å². The van der Waals surface area contributed by atoms with Crippen molar-refractivity contribution in [1.29, 1.82) is 0 Å². The van der Waals surface area contributed by atoms with E-state index in [1.807, 2.05) is 0 Å². The second-order valence-corrected chi connectivity index (χ2v) is 5.70. The summed E-state index contributed by atoms with van der Waals surface area (Å²) in [6.07, 6.45) is -4.43. The van der Waals surface area contributed by atoms with Crippen LogP contribution >= 0.6 is 0 Å². The van der Waals surface area contributed by atoms with Crippen LogP contribution in [0.25, 0.3) is 0 Å². The third kappa shape index (κ3) is 3.10. The van der Waals surface area contributed by atoms with Crippen LogP contribution in [-0.2, 0) is 16.0 Å². The van der Waals surface area contributed by atoms with E-state index in [0.717, 1.165) is 29.7 Å². The highest BCUT2D eigenvalue weighted by atomic mass is 32.2. The van der Waals surface area contributed by atoms with Gasteiger partial charge in [0, 0.05) is 0 Å². The summed E-state index contributed by atoms with van der Waals surface area (Å²) in [5, 5.41) is 0.508. The first-order valence-corrected chi connectivity index (χ1v) is 6.83. The van der Waals surface area contributed by atoms with Crippen LogP contribution in [0, 0.1) is 0 Å². The number of nitrogens with zero attached hydrogens (tertiary/aromatic N) is 1. The topological polar surface area (TPSA) is 81.8 Å². The Balaban J connectivity index is 2.05. The minimum Gasteiger partial charge on any atom is -0.487 e. The fraction of sp³-hybridized carbons (Fsp3) is 0.182. The molecule has 0 saturated heterocycles. The van der Waals surface area contributed by atoms with Gasteiger partial charge in [0.1, 0.15) is 18.2 Å². The van der Waals surface area contributed by atoms with Crippen LogP contribution in [0.4, 0.5) is 13.2 Å². The van der Waals surface area contributed by atoms with Crippen molar-refractivity contribution in [3.8, 4) is 5.75 Å². The summed E-state index contributed by atoms with van der Waals surface area (Å²) < 4.78 is 65.0. The van der Waals surface area contributed by atoms with Gasteiger partial charge in [-0.05, 0) is 24.3 Å². The molecule has 0 bridgehead atoms. The average Bonchev–Trinajstić information content (AvgIpc) is 2.58. The van der Waals surface area contributed by atoms with E-state index in [1.54, 1.807) is 0 Å². The zero-order chi connectivity index (χ0) is 15.0. The van der Waals surface area contributed by atoms with Gasteiger partial charge >= 0.3 is 6.18 Å². The average molecular weight is 306 g/mol. The van der Waals surface area contributed by atoms with E-state index in [1.165, 1.54) is 0 Å². The quantitative estimate of drug-likeness (QED) is 0.921. The lowest BCUT2D eigenvalue weighted by molar-refractivity contribution is -0.137. The summed E-state index contributed by atoms with van der Waals surface area (Å²) in [6.45, 7) is -0.398. The maximum atomic E-state index is 12.3. The highest BCUT2D eigenvalue weighted by molar-refractivity contribution is 8.09. The molecule has 5 nitrogen and oxygen atoms in total. The van der Waals surface area contributed by atoms with E-state index in [0.29, 0.717) is 0 Å². The number of hydrogen-bond donors (Lipinski definition) is 1. The second-order valence-electron chi connectivity index (χ2n) is 3.90. The lowest BCUT2D eigenvalue weighted by Crippen LogP contribution is -2.18. The number of rotatable bonds is 3.